The largest absolute Gasteiger partial charge is 0.484 e. The number of nitrogens with zero attached hydrogens (tertiary/aromatic N) is 1. The van der Waals surface area contributed by atoms with Gasteiger partial charge < -0.3 is 14.5 Å². The third-order valence-electron chi connectivity index (χ3n) is 5.06. The summed E-state index contributed by atoms with van der Waals surface area (Å²) < 4.78 is 12.3. The van der Waals surface area contributed by atoms with Crippen LogP contribution in [0.4, 0.5) is 5.69 Å². The predicted octanol–water partition coefficient (Wildman–Crippen LogP) is 4.84. The molecule has 1 aliphatic carbocycles. The van der Waals surface area contributed by atoms with Gasteiger partial charge in [-0.2, -0.15) is 5.10 Å². The lowest BCUT2D eigenvalue weighted by Gasteiger charge is -2.13. The second kappa shape index (κ2) is 9.82. The van der Waals surface area contributed by atoms with Crippen LogP contribution in [0.2, 0.25) is 0 Å². The Hall–Kier alpha value is -3.39. The number of rotatable bonds is 6. The van der Waals surface area contributed by atoms with Crippen LogP contribution in [0.15, 0.2) is 68.6 Å². The fourth-order valence-corrected chi connectivity index (χ4v) is 3.81. The second-order valence-corrected chi connectivity index (χ2v) is 8.28. The fraction of sp³-hybridized carbons (Fsp3) is 0.208. The second-order valence-electron chi connectivity index (χ2n) is 7.36. The first-order valence-electron chi connectivity index (χ1n) is 10.2. The molecule has 32 heavy (non-hydrogen) atoms. The van der Waals surface area contributed by atoms with Crippen molar-refractivity contribution in [2.24, 2.45) is 5.10 Å². The molecule has 164 valence electrons. The molecule has 0 saturated heterocycles. The Labute approximate surface area is 194 Å². The maximum atomic E-state index is 12.8. The summed E-state index contributed by atoms with van der Waals surface area (Å²) in [7, 11) is 0. The van der Waals surface area contributed by atoms with E-state index in [0.717, 1.165) is 16.5 Å². The van der Waals surface area contributed by atoms with Crippen LogP contribution in [-0.4, -0.2) is 24.1 Å². The number of aryl methyl sites for hydroxylation is 1. The van der Waals surface area contributed by atoms with Gasteiger partial charge in [-0.3, -0.25) is 9.59 Å². The van der Waals surface area contributed by atoms with Crippen LogP contribution in [-0.2, 0) is 11.2 Å². The van der Waals surface area contributed by atoms with Gasteiger partial charge in [-0.15, -0.1) is 0 Å². The number of carbonyl (C=O) groups is 2. The Morgan fingerprint density at radius 3 is 2.59 bits per heavy atom. The van der Waals surface area contributed by atoms with Crippen molar-refractivity contribution in [2.75, 3.05) is 11.9 Å². The summed E-state index contributed by atoms with van der Waals surface area (Å²) in [6, 6.07) is 16.4. The number of anilines is 1. The average molecular weight is 496 g/mol. The lowest BCUT2D eigenvalue weighted by Crippen LogP contribution is -2.27. The summed E-state index contributed by atoms with van der Waals surface area (Å²) in [5.41, 5.74) is 5.43. The zero-order chi connectivity index (χ0) is 22.5. The average Bonchev–Trinajstić information content (AvgIpc) is 3.16. The minimum absolute atomic E-state index is 0.140. The van der Waals surface area contributed by atoms with E-state index in [9.17, 15) is 9.59 Å². The van der Waals surface area contributed by atoms with E-state index in [1.807, 2.05) is 37.3 Å². The van der Waals surface area contributed by atoms with Gasteiger partial charge in [0.2, 0.25) is 0 Å². The van der Waals surface area contributed by atoms with Crippen LogP contribution in [0.5, 0.6) is 5.75 Å². The molecule has 0 atom stereocenters. The highest BCUT2D eigenvalue weighted by Gasteiger charge is 2.28. The molecule has 2 N–H and O–H groups in total. The standard InChI is InChI=1S/C24H22BrN3O4/c1-15-22-19(27-28-21(29)14-31-18-6-3-2-4-7-18)8-5-9-20(22)32-23(15)24(30)26-17-12-10-16(25)11-13-17/h2-4,6-7,10-13H,5,8-9,14H2,1H3,(H,26,30)(H,28,29)/b27-19+. The summed E-state index contributed by atoms with van der Waals surface area (Å²) in [4.78, 5) is 25.0. The van der Waals surface area contributed by atoms with Crippen LogP contribution < -0.4 is 15.5 Å². The molecule has 4 rings (SSSR count). The molecule has 2 aromatic carbocycles. The normalized spacial score (nSPS) is 14.0. The Morgan fingerprint density at radius 2 is 1.84 bits per heavy atom. The molecule has 7 nitrogen and oxygen atoms in total. The molecule has 0 unspecified atom stereocenters. The van der Waals surface area contributed by atoms with Crippen LogP contribution >= 0.6 is 15.9 Å². The van der Waals surface area contributed by atoms with E-state index in [2.05, 4.69) is 31.8 Å². The number of amides is 2. The molecule has 0 bridgehead atoms. The molecule has 2 amide bonds. The topological polar surface area (TPSA) is 92.9 Å². The van der Waals surface area contributed by atoms with Gasteiger partial charge in [-0.25, -0.2) is 5.43 Å². The number of halogens is 1. The fourth-order valence-electron chi connectivity index (χ4n) is 3.55. The number of hydrazone groups is 1. The van der Waals surface area contributed by atoms with Crippen molar-refractivity contribution in [3.63, 3.8) is 0 Å². The monoisotopic (exact) mass is 495 g/mol. The molecule has 8 heteroatoms. The van der Waals surface area contributed by atoms with Gasteiger partial charge >= 0.3 is 0 Å². The maximum Gasteiger partial charge on any atom is 0.291 e. The molecule has 0 fully saturated rings. The van der Waals surface area contributed by atoms with Gasteiger partial charge in [0.25, 0.3) is 11.8 Å². The molecule has 0 aliphatic heterocycles. The van der Waals surface area contributed by atoms with Crippen molar-refractivity contribution in [3.8, 4) is 5.75 Å². The molecular formula is C24H22BrN3O4. The Kier molecular flexibility index (Phi) is 6.70. The van der Waals surface area contributed by atoms with Gasteiger partial charge in [0.05, 0.1) is 5.71 Å². The molecule has 3 aromatic rings. The Morgan fingerprint density at radius 1 is 1.09 bits per heavy atom. The molecule has 1 aliphatic rings. The van der Waals surface area contributed by atoms with Gasteiger partial charge in [0, 0.05) is 27.7 Å². The molecule has 0 radical (unpaired) electrons. The van der Waals surface area contributed by atoms with Gasteiger partial charge in [-0.1, -0.05) is 34.1 Å². The number of para-hydroxylation sites is 1. The number of carbonyl (C=O) groups excluding carboxylic acids is 2. The number of benzene rings is 2. The number of fused-ring (bicyclic) bond motifs is 1. The lowest BCUT2D eigenvalue weighted by atomic mass is 9.93. The zero-order valence-corrected chi connectivity index (χ0v) is 19.1. The lowest BCUT2D eigenvalue weighted by molar-refractivity contribution is -0.123. The molecule has 1 aromatic heterocycles. The smallest absolute Gasteiger partial charge is 0.291 e. The van der Waals surface area contributed by atoms with E-state index < -0.39 is 0 Å². The van der Waals surface area contributed by atoms with Gasteiger partial charge in [-0.05, 0) is 56.2 Å². The number of furan rings is 1. The van der Waals surface area contributed by atoms with E-state index in [-0.39, 0.29) is 24.2 Å². The number of ether oxygens (including phenoxy) is 1. The highest BCUT2D eigenvalue weighted by molar-refractivity contribution is 9.10. The van der Waals surface area contributed by atoms with Crippen LogP contribution in [0.1, 0.15) is 40.3 Å². The molecule has 1 heterocycles. The third kappa shape index (κ3) is 5.08. The van der Waals surface area contributed by atoms with Crippen LogP contribution in [0, 0.1) is 6.92 Å². The van der Waals surface area contributed by atoms with Crippen molar-refractivity contribution in [2.45, 2.75) is 26.2 Å². The molecule has 0 spiro atoms. The molecular weight excluding hydrogens is 474 g/mol. The summed E-state index contributed by atoms with van der Waals surface area (Å²) in [6.07, 6.45) is 2.22. The molecule has 0 saturated carbocycles. The van der Waals surface area contributed by atoms with Crippen molar-refractivity contribution in [1.29, 1.82) is 0 Å². The maximum absolute atomic E-state index is 12.8. The number of nitrogens with one attached hydrogen (secondary N) is 2. The first-order valence-corrected chi connectivity index (χ1v) is 11.0. The van der Waals surface area contributed by atoms with E-state index >= 15 is 0 Å². The van der Waals surface area contributed by atoms with Gasteiger partial charge in [0.1, 0.15) is 11.5 Å². The summed E-state index contributed by atoms with van der Waals surface area (Å²) >= 11 is 3.38. The Balaban J connectivity index is 1.45. The highest BCUT2D eigenvalue weighted by Crippen LogP contribution is 2.30. The van der Waals surface area contributed by atoms with Crippen LogP contribution in [0.3, 0.4) is 0 Å². The van der Waals surface area contributed by atoms with Crippen LogP contribution in [0.25, 0.3) is 0 Å². The minimum atomic E-state index is -0.358. The van der Waals surface area contributed by atoms with E-state index in [1.54, 1.807) is 24.3 Å². The zero-order valence-electron chi connectivity index (χ0n) is 17.5. The van der Waals surface area contributed by atoms with E-state index in [1.165, 1.54) is 0 Å². The highest BCUT2D eigenvalue weighted by atomic mass is 79.9. The quantitative estimate of drug-likeness (QED) is 0.478. The summed E-state index contributed by atoms with van der Waals surface area (Å²) in [5, 5.41) is 7.16. The summed E-state index contributed by atoms with van der Waals surface area (Å²) in [5.74, 6) is 0.901. The number of hydrogen-bond acceptors (Lipinski definition) is 5. The van der Waals surface area contributed by atoms with Crippen molar-refractivity contribution >= 4 is 39.1 Å². The van der Waals surface area contributed by atoms with Crippen molar-refractivity contribution < 1.29 is 18.7 Å². The first-order chi connectivity index (χ1) is 15.5. The Bertz CT molecular complexity index is 1150. The van der Waals surface area contributed by atoms with Crippen molar-refractivity contribution in [3.05, 3.63) is 81.7 Å². The minimum Gasteiger partial charge on any atom is -0.484 e. The van der Waals surface area contributed by atoms with Gasteiger partial charge in [0.15, 0.2) is 12.4 Å². The predicted molar refractivity (Wildman–Crippen MR) is 125 cm³/mol. The summed E-state index contributed by atoms with van der Waals surface area (Å²) in [6.45, 7) is 1.69. The SMILES string of the molecule is Cc1c(C(=O)Nc2ccc(Br)cc2)oc2c1/C(=N/NC(=O)COc1ccccc1)CCC2. The number of hydrogen-bond donors (Lipinski definition) is 2. The third-order valence-corrected chi connectivity index (χ3v) is 5.59. The first kappa shape index (κ1) is 21.8. The van der Waals surface area contributed by atoms with Crippen molar-refractivity contribution in [1.82, 2.24) is 5.43 Å². The van der Waals surface area contributed by atoms with E-state index in [4.69, 9.17) is 9.15 Å². The van der Waals surface area contributed by atoms with E-state index in [0.29, 0.717) is 41.3 Å².